The van der Waals surface area contributed by atoms with E-state index in [2.05, 4.69) is 16.3 Å². The van der Waals surface area contributed by atoms with Crippen LogP contribution in [0.1, 0.15) is 40.5 Å². The molecule has 2 aliphatic rings. The summed E-state index contributed by atoms with van der Waals surface area (Å²) >= 11 is 0. The van der Waals surface area contributed by atoms with Gasteiger partial charge in [0.05, 0.1) is 11.2 Å². The zero-order valence-corrected chi connectivity index (χ0v) is 14.0. The summed E-state index contributed by atoms with van der Waals surface area (Å²) in [5.41, 5.74) is -0.605. The maximum absolute atomic E-state index is 10.6. The molecule has 2 N–H and O–H groups in total. The Morgan fingerprint density at radius 2 is 1.82 bits per heavy atom. The number of rotatable bonds is 4. The molecule has 6 nitrogen and oxygen atoms in total. The molecule has 2 saturated heterocycles. The molecule has 2 fully saturated rings. The van der Waals surface area contributed by atoms with Gasteiger partial charge in [0.25, 0.3) is 0 Å². The van der Waals surface area contributed by atoms with E-state index in [1.54, 1.807) is 0 Å². The second kappa shape index (κ2) is 6.60. The lowest BCUT2D eigenvalue weighted by atomic mass is 9.90. The maximum atomic E-state index is 10.6. The molecule has 2 heterocycles. The van der Waals surface area contributed by atoms with Crippen LogP contribution >= 0.6 is 0 Å². The van der Waals surface area contributed by atoms with Gasteiger partial charge in [-0.1, -0.05) is 12.1 Å². The van der Waals surface area contributed by atoms with Crippen LogP contribution in [0.2, 0.25) is 0 Å². The zero-order valence-electron chi connectivity index (χ0n) is 14.0. The van der Waals surface area contributed by atoms with Crippen LogP contribution in [0.5, 0.6) is 0 Å². The topological polar surface area (TPSA) is 71.0 Å². The molecule has 0 aliphatic carbocycles. The van der Waals surface area contributed by atoms with Crippen LogP contribution in [-0.2, 0) is 9.31 Å². The molecule has 2 rings (SSSR count). The van der Waals surface area contributed by atoms with Crippen molar-refractivity contribution in [3.05, 3.63) is 12.1 Å². The number of nitrogens with zero attached hydrogens (tertiary/aromatic N) is 1. The third-order valence-corrected chi connectivity index (χ3v) is 4.84. The highest BCUT2D eigenvalue weighted by molar-refractivity contribution is 6.51. The second-order valence-electron chi connectivity index (χ2n) is 7.08. The van der Waals surface area contributed by atoms with Gasteiger partial charge in [-0.25, -0.2) is 4.79 Å². The van der Waals surface area contributed by atoms with Crippen LogP contribution in [0, 0.1) is 0 Å². The second-order valence-corrected chi connectivity index (χ2v) is 7.08. The first-order valence-electron chi connectivity index (χ1n) is 7.94. The van der Waals surface area contributed by atoms with Gasteiger partial charge in [0, 0.05) is 25.7 Å². The first kappa shape index (κ1) is 17.3. The quantitative estimate of drug-likeness (QED) is 0.776. The molecule has 0 atom stereocenters. The maximum Gasteiger partial charge on any atom is 0.486 e. The molecule has 0 unspecified atom stereocenters. The normalized spacial score (nSPS) is 25.7. The standard InChI is InChI=1S/C15H27BN2O4/c1-14(2)15(3,4)22-16(21-14)8-5-9-18-10-6-12(7-11-18)17-13(19)20/h5,8,12,17H,6-7,9-11H2,1-4H3,(H,19,20). The Kier molecular flexibility index (Phi) is 5.19. The third-order valence-electron chi connectivity index (χ3n) is 4.84. The zero-order chi connectivity index (χ0) is 16.4. The Morgan fingerprint density at radius 3 is 2.32 bits per heavy atom. The predicted molar refractivity (Wildman–Crippen MR) is 85.8 cm³/mol. The van der Waals surface area contributed by atoms with E-state index in [-0.39, 0.29) is 24.4 Å². The summed E-state index contributed by atoms with van der Waals surface area (Å²) in [6.45, 7) is 10.8. The highest BCUT2D eigenvalue weighted by atomic mass is 16.7. The van der Waals surface area contributed by atoms with Crippen LogP contribution in [0.3, 0.4) is 0 Å². The van der Waals surface area contributed by atoms with Crippen molar-refractivity contribution in [1.29, 1.82) is 0 Å². The number of amides is 1. The fourth-order valence-corrected chi connectivity index (χ4v) is 2.72. The first-order chi connectivity index (χ1) is 10.2. The van der Waals surface area contributed by atoms with Gasteiger partial charge in [0.1, 0.15) is 0 Å². The first-order valence-corrected chi connectivity index (χ1v) is 7.94. The fraction of sp³-hybridized carbons (Fsp3) is 0.800. The van der Waals surface area contributed by atoms with Gasteiger partial charge in [-0.3, -0.25) is 4.90 Å². The van der Waals surface area contributed by atoms with Gasteiger partial charge in [-0.2, -0.15) is 0 Å². The predicted octanol–water partition coefficient (Wildman–Crippen LogP) is 1.91. The number of likely N-dealkylation sites (tertiary alicyclic amines) is 1. The Labute approximate surface area is 133 Å². The van der Waals surface area contributed by atoms with Crippen molar-refractivity contribution in [2.45, 2.75) is 57.8 Å². The minimum absolute atomic E-state index is 0.0841. The van der Waals surface area contributed by atoms with Crippen LogP contribution in [0.4, 0.5) is 4.79 Å². The van der Waals surface area contributed by atoms with Gasteiger partial charge >= 0.3 is 13.2 Å². The summed E-state index contributed by atoms with van der Waals surface area (Å²) in [5, 5.41) is 11.3. The molecular formula is C15H27BN2O4. The van der Waals surface area contributed by atoms with Gasteiger partial charge in [-0.05, 0) is 40.5 Å². The molecule has 0 saturated carbocycles. The number of piperidine rings is 1. The summed E-state index contributed by atoms with van der Waals surface area (Å²) in [6, 6.07) is 0.0841. The molecule has 1 amide bonds. The van der Waals surface area contributed by atoms with E-state index in [1.165, 1.54) is 0 Å². The highest BCUT2D eigenvalue weighted by Crippen LogP contribution is 2.36. The molecule has 7 heteroatoms. The highest BCUT2D eigenvalue weighted by Gasteiger charge is 2.49. The molecule has 0 aromatic heterocycles. The van der Waals surface area contributed by atoms with Crippen molar-refractivity contribution in [2.75, 3.05) is 19.6 Å². The molecule has 0 bridgehead atoms. The van der Waals surface area contributed by atoms with E-state index in [0.717, 1.165) is 32.5 Å². The number of carboxylic acid groups (broad SMARTS) is 1. The molecular weight excluding hydrogens is 283 g/mol. The number of hydrogen-bond acceptors (Lipinski definition) is 4. The van der Waals surface area contributed by atoms with E-state index in [1.807, 2.05) is 33.7 Å². The average molecular weight is 310 g/mol. The summed E-state index contributed by atoms with van der Waals surface area (Å²) in [4.78, 5) is 12.9. The van der Waals surface area contributed by atoms with Crippen LogP contribution in [0.25, 0.3) is 0 Å². The summed E-state index contributed by atoms with van der Waals surface area (Å²) in [6.07, 6.45) is 2.86. The Morgan fingerprint density at radius 1 is 1.27 bits per heavy atom. The van der Waals surface area contributed by atoms with Crippen LogP contribution in [-0.4, -0.2) is 60.1 Å². The van der Waals surface area contributed by atoms with Crippen LogP contribution < -0.4 is 5.32 Å². The molecule has 0 aromatic carbocycles. The number of carbonyl (C=O) groups is 1. The molecule has 124 valence electrons. The molecule has 22 heavy (non-hydrogen) atoms. The van der Waals surface area contributed by atoms with E-state index in [4.69, 9.17) is 14.4 Å². The van der Waals surface area contributed by atoms with Crippen LogP contribution in [0.15, 0.2) is 12.1 Å². The minimum atomic E-state index is -0.931. The van der Waals surface area contributed by atoms with Gasteiger partial charge < -0.3 is 19.7 Å². The summed E-state index contributed by atoms with van der Waals surface area (Å²) in [5.74, 6) is 1.97. The van der Waals surface area contributed by atoms with E-state index >= 15 is 0 Å². The Hall–Kier alpha value is -1.05. The van der Waals surface area contributed by atoms with E-state index in [9.17, 15) is 4.79 Å². The molecule has 0 spiro atoms. The fourth-order valence-electron chi connectivity index (χ4n) is 2.72. The Bertz CT molecular complexity index is 415. The number of hydrogen-bond donors (Lipinski definition) is 2. The van der Waals surface area contributed by atoms with Crippen molar-refractivity contribution in [3.8, 4) is 0 Å². The average Bonchev–Trinajstić information content (AvgIpc) is 2.59. The molecule has 0 aromatic rings. The molecule has 2 aliphatic heterocycles. The summed E-state index contributed by atoms with van der Waals surface area (Å²) in [7, 11) is -0.295. The van der Waals surface area contributed by atoms with Gasteiger partial charge in [0.15, 0.2) is 0 Å². The van der Waals surface area contributed by atoms with Crippen molar-refractivity contribution in [3.63, 3.8) is 0 Å². The van der Waals surface area contributed by atoms with E-state index in [0.29, 0.717) is 0 Å². The molecule has 0 radical (unpaired) electrons. The van der Waals surface area contributed by atoms with E-state index < -0.39 is 6.09 Å². The van der Waals surface area contributed by atoms with Crippen molar-refractivity contribution in [2.24, 2.45) is 0 Å². The van der Waals surface area contributed by atoms with Gasteiger partial charge in [-0.15, -0.1) is 0 Å². The largest absolute Gasteiger partial charge is 0.486 e. The minimum Gasteiger partial charge on any atom is -0.465 e. The lowest BCUT2D eigenvalue weighted by molar-refractivity contribution is 0.00578. The van der Waals surface area contributed by atoms with Crippen molar-refractivity contribution >= 4 is 13.2 Å². The monoisotopic (exact) mass is 310 g/mol. The number of nitrogens with one attached hydrogen (secondary N) is 1. The van der Waals surface area contributed by atoms with Crippen molar-refractivity contribution in [1.82, 2.24) is 10.2 Å². The lowest BCUT2D eigenvalue weighted by Gasteiger charge is -2.32. The Balaban J connectivity index is 1.72. The third kappa shape index (κ3) is 4.24. The SMILES string of the molecule is CC1(C)OB(C=CCN2CCC(NC(=O)O)CC2)OC1(C)C. The smallest absolute Gasteiger partial charge is 0.465 e. The van der Waals surface area contributed by atoms with Gasteiger partial charge in [0.2, 0.25) is 0 Å². The van der Waals surface area contributed by atoms with Crippen molar-refractivity contribution < 1.29 is 19.2 Å². The summed E-state index contributed by atoms with van der Waals surface area (Å²) < 4.78 is 11.8. The lowest BCUT2D eigenvalue weighted by Crippen LogP contribution is -2.44.